The van der Waals surface area contributed by atoms with Gasteiger partial charge in [0.1, 0.15) is 0 Å². The molecule has 0 amide bonds. The minimum atomic E-state index is -0.193. The second kappa shape index (κ2) is 6.61. The van der Waals surface area contributed by atoms with Gasteiger partial charge in [0.05, 0.1) is 7.11 Å². The van der Waals surface area contributed by atoms with E-state index in [9.17, 15) is 4.79 Å². The summed E-state index contributed by atoms with van der Waals surface area (Å²) in [7, 11) is 1.41. The van der Waals surface area contributed by atoms with E-state index < -0.39 is 0 Å². The van der Waals surface area contributed by atoms with E-state index in [-0.39, 0.29) is 5.97 Å². The summed E-state index contributed by atoms with van der Waals surface area (Å²) >= 11 is 0. The van der Waals surface area contributed by atoms with Crippen LogP contribution in [0.5, 0.6) is 0 Å². The van der Waals surface area contributed by atoms with Crippen molar-refractivity contribution in [3.8, 4) is 0 Å². The molecule has 1 rings (SSSR count). The Hall–Kier alpha value is -1.09. The Morgan fingerprint density at radius 3 is 2.75 bits per heavy atom. The van der Waals surface area contributed by atoms with Crippen LogP contribution in [-0.2, 0) is 9.53 Å². The highest BCUT2D eigenvalue weighted by Gasteiger charge is 2.10. The first-order valence-electron chi connectivity index (χ1n) is 3.82. The van der Waals surface area contributed by atoms with Crippen molar-refractivity contribution in [1.29, 1.82) is 0 Å². The molecule has 0 aromatic heterocycles. The van der Waals surface area contributed by atoms with Gasteiger partial charge in [-0.25, -0.2) is 4.79 Å². The SMILES string of the molecule is C=C.COC(=O)C1=CCNCC1. The highest BCUT2D eigenvalue weighted by molar-refractivity contribution is 5.88. The van der Waals surface area contributed by atoms with Crippen molar-refractivity contribution in [3.05, 3.63) is 24.8 Å². The molecule has 12 heavy (non-hydrogen) atoms. The third kappa shape index (κ3) is 3.34. The van der Waals surface area contributed by atoms with E-state index in [1.165, 1.54) is 7.11 Å². The Labute approximate surface area is 73.1 Å². The third-order valence-corrected chi connectivity index (χ3v) is 1.51. The van der Waals surface area contributed by atoms with E-state index in [1.807, 2.05) is 6.08 Å². The van der Waals surface area contributed by atoms with E-state index in [0.29, 0.717) is 0 Å². The number of nitrogens with one attached hydrogen (secondary N) is 1. The van der Waals surface area contributed by atoms with Gasteiger partial charge in [-0.1, -0.05) is 6.08 Å². The molecule has 0 spiro atoms. The zero-order chi connectivity index (χ0) is 9.40. The van der Waals surface area contributed by atoms with Gasteiger partial charge >= 0.3 is 5.97 Å². The first-order valence-corrected chi connectivity index (χ1v) is 3.82. The van der Waals surface area contributed by atoms with Gasteiger partial charge in [0.15, 0.2) is 0 Å². The van der Waals surface area contributed by atoms with Gasteiger partial charge < -0.3 is 10.1 Å². The Morgan fingerprint density at radius 2 is 2.33 bits per heavy atom. The lowest BCUT2D eigenvalue weighted by atomic mass is 10.1. The van der Waals surface area contributed by atoms with Crippen molar-refractivity contribution in [2.24, 2.45) is 0 Å². The molecule has 1 aliphatic heterocycles. The van der Waals surface area contributed by atoms with Crippen LogP contribution >= 0.6 is 0 Å². The first-order chi connectivity index (χ1) is 5.84. The smallest absolute Gasteiger partial charge is 0.333 e. The number of methoxy groups -OCH3 is 1. The fourth-order valence-electron chi connectivity index (χ4n) is 0.939. The van der Waals surface area contributed by atoms with Crippen LogP contribution in [0.15, 0.2) is 24.8 Å². The average Bonchev–Trinajstić information content (AvgIpc) is 2.21. The van der Waals surface area contributed by atoms with Gasteiger partial charge in [0.25, 0.3) is 0 Å². The van der Waals surface area contributed by atoms with E-state index >= 15 is 0 Å². The number of hydrogen-bond donors (Lipinski definition) is 1. The predicted octanol–water partition coefficient (Wildman–Crippen LogP) is 0.881. The van der Waals surface area contributed by atoms with Gasteiger partial charge in [0.2, 0.25) is 0 Å². The van der Waals surface area contributed by atoms with Gasteiger partial charge in [-0.3, -0.25) is 0 Å². The van der Waals surface area contributed by atoms with Crippen LogP contribution in [0.2, 0.25) is 0 Å². The normalized spacial score (nSPS) is 15.2. The fourth-order valence-corrected chi connectivity index (χ4v) is 0.939. The number of rotatable bonds is 1. The van der Waals surface area contributed by atoms with Crippen molar-refractivity contribution in [2.75, 3.05) is 20.2 Å². The Morgan fingerprint density at radius 1 is 1.67 bits per heavy atom. The molecular weight excluding hydrogens is 154 g/mol. The summed E-state index contributed by atoms with van der Waals surface area (Å²) < 4.78 is 4.55. The van der Waals surface area contributed by atoms with Gasteiger partial charge in [-0.2, -0.15) is 0 Å². The second-order valence-electron chi connectivity index (χ2n) is 2.18. The molecule has 0 aromatic rings. The Kier molecular flexibility index (Phi) is 6.01. The van der Waals surface area contributed by atoms with Gasteiger partial charge in [0, 0.05) is 12.1 Å². The minimum Gasteiger partial charge on any atom is -0.466 e. The quantitative estimate of drug-likeness (QED) is 0.468. The molecule has 1 N–H and O–H groups in total. The van der Waals surface area contributed by atoms with Crippen molar-refractivity contribution >= 4 is 5.97 Å². The monoisotopic (exact) mass is 169 g/mol. The molecule has 0 aromatic carbocycles. The molecular formula is C9H15NO2. The van der Waals surface area contributed by atoms with Crippen LogP contribution < -0.4 is 5.32 Å². The van der Waals surface area contributed by atoms with Crippen molar-refractivity contribution in [1.82, 2.24) is 5.32 Å². The van der Waals surface area contributed by atoms with E-state index in [2.05, 4.69) is 23.2 Å². The van der Waals surface area contributed by atoms with Crippen LogP contribution in [0.4, 0.5) is 0 Å². The molecule has 1 aliphatic rings. The summed E-state index contributed by atoms with van der Waals surface area (Å²) in [6.07, 6.45) is 2.65. The summed E-state index contributed by atoms with van der Waals surface area (Å²) in [6, 6.07) is 0. The molecule has 0 radical (unpaired) electrons. The summed E-state index contributed by atoms with van der Waals surface area (Å²) in [5.74, 6) is -0.193. The molecule has 0 aliphatic carbocycles. The van der Waals surface area contributed by atoms with Crippen molar-refractivity contribution < 1.29 is 9.53 Å². The highest BCUT2D eigenvalue weighted by atomic mass is 16.5. The lowest BCUT2D eigenvalue weighted by Gasteiger charge is -2.10. The summed E-state index contributed by atoms with van der Waals surface area (Å²) in [6.45, 7) is 7.66. The van der Waals surface area contributed by atoms with Crippen LogP contribution in [0, 0.1) is 0 Å². The van der Waals surface area contributed by atoms with Gasteiger partial charge in [-0.15, -0.1) is 13.2 Å². The molecule has 0 fully saturated rings. The molecule has 3 heteroatoms. The first kappa shape index (κ1) is 10.9. The van der Waals surface area contributed by atoms with E-state index in [1.54, 1.807) is 0 Å². The van der Waals surface area contributed by atoms with Crippen LogP contribution in [0.3, 0.4) is 0 Å². The maximum absolute atomic E-state index is 10.8. The summed E-state index contributed by atoms with van der Waals surface area (Å²) in [4.78, 5) is 10.8. The van der Waals surface area contributed by atoms with E-state index in [0.717, 1.165) is 25.1 Å². The van der Waals surface area contributed by atoms with Crippen LogP contribution in [0.25, 0.3) is 0 Å². The predicted molar refractivity (Wildman–Crippen MR) is 48.8 cm³/mol. The largest absolute Gasteiger partial charge is 0.466 e. The Bertz CT molecular complexity index is 175. The van der Waals surface area contributed by atoms with Crippen LogP contribution in [-0.4, -0.2) is 26.2 Å². The van der Waals surface area contributed by atoms with Gasteiger partial charge in [-0.05, 0) is 13.0 Å². The number of carbonyl (C=O) groups is 1. The standard InChI is InChI=1S/C7H11NO2.C2H4/c1-10-7(9)6-2-4-8-5-3-6;1-2/h2,8H,3-5H2,1H3;1-2H2. The second-order valence-corrected chi connectivity index (χ2v) is 2.18. The van der Waals surface area contributed by atoms with Crippen molar-refractivity contribution in [2.45, 2.75) is 6.42 Å². The molecule has 0 saturated carbocycles. The zero-order valence-electron chi connectivity index (χ0n) is 7.43. The molecule has 0 saturated heterocycles. The summed E-state index contributed by atoms with van der Waals surface area (Å²) in [5.41, 5.74) is 0.793. The molecule has 0 unspecified atom stereocenters. The summed E-state index contributed by atoms with van der Waals surface area (Å²) in [5, 5.41) is 3.11. The topological polar surface area (TPSA) is 38.3 Å². The maximum atomic E-state index is 10.8. The van der Waals surface area contributed by atoms with Crippen LogP contribution in [0.1, 0.15) is 6.42 Å². The molecule has 68 valence electrons. The molecule has 0 atom stereocenters. The number of ether oxygens (including phenoxy) is 1. The van der Waals surface area contributed by atoms with E-state index in [4.69, 9.17) is 0 Å². The number of hydrogen-bond acceptors (Lipinski definition) is 3. The lowest BCUT2D eigenvalue weighted by Crippen LogP contribution is -2.23. The zero-order valence-corrected chi connectivity index (χ0v) is 7.43. The number of carbonyl (C=O) groups excluding carboxylic acids is 1. The highest BCUT2D eigenvalue weighted by Crippen LogP contribution is 2.04. The lowest BCUT2D eigenvalue weighted by molar-refractivity contribution is -0.136. The minimum absolute atomic E-state index is 0.193. The molecule has 3 nitrogen and oxygen atoms in total. The average molecular weight is 169 g/mol. The maximum Gasteiger partial charge on any atom is 0.333 e. The number of esters is 1. The van der Waals surface area contributed by atoms with Crippen molar-refractivity contribution in [3.63, 3.8) is 0 Å². The fraction of sp³-hybridized carbons (Fsp3) is 0.444. The third-order valence-electron chi connectivity index (χ3n) is 1.51. The molecule has 1 heterocycles. The molecule has 0 bridgehead atoms. The Balaban J connectivity index is 0.000000561.